The Morgan fingerprint density at radius 3 is 2.58 bits per heavy atom. The Labute approximate surface area is 187 Å². The lowest BCUT2D eigenvalue weighted by Gasteiger charge is -2.29. The first-order chi connectivity index (χ1) is 14.9. The van der Waals surface area contributed by atoms with E-state index in [-0.39, 0.29) is 17.8 Å². The van der Waals surface area contributed by atoms with Gasteiger partial charge in [0.2, 0.25) is 5.95 Å². The Morgan fingerprint density at radius 1 is 1.06 bits per heavy atom. The summed E-state index contributed by atoms with van der Waals surface area (Å²) in [5.41, 5.74) is 3.27. The summed E-state index contributed by atoms with van der Waals surface area (Å²) in [6, 6.07) is 15.9. The highest BCUT2D eigenvalue weighted by atomic mass is 79.9. The Kier molecular flexibility index (Phi) is 4.81. The van der Waals surface area contributed by atoms with Gasteiger partial charge >= 0.3 is 5.69 Å². The van der Waals surface area contributed by atoms with E-state index >= 15 is 0 Å². The molecule has 3 heterocycles. The molecule has 0 saturated carbocycles. The van der Waals surface area contributed by atoms with E-state index < -0.39 is 0 Å². The third-order valence-corrected chi connectivity index (χ3v) is 6.31. The molecule has 0 amide bonds. The molecule has 1 aliphatic rings. The summed E-state index contributed by atoms with van der Waals surface area (Å²) in [5, 5.41) is 0. The molecule has 0 unspecified atom stereocenters. The quantitative estimate of drug-likeness (QED) is 0.450. The monoisotopic (exact) mass is 479 g/mol. The highest BCUT2D eigenvalue weighted by Crippen LogP contribution is 2.31. The summed E-state index contributed by atoms with van der Waals surface area (Å²) in [6.45, 7) is 3.73. The van der Waals surface area contributed by atoms with Gasteiger partial charge in [0.15, 0.2) is 11.2 Å². The van der Waals surface area contributed by atoms with E-state index in [9.17, 15) is 9.59 Å². The molecule has 0 fully saturated rings. The van der Waals surface area contributed by atoms with Crippen LogP contribution in [0.5, 0.6) is 0 Å². The molecule has 0 radical (unpaired) electrons. The molecule has 4 aromatic rings. The van der Waals surface area contributed by atoms with Crippen LogP contribution in [-0.4, -0.2) is 25.2 Å². The van der Waals surface area contributed by atoms with Crippen molar-refractivity contribution in [3.05, 3.63) is 85.0 Å². The van der Waals surface area contributed by atoms with Crippen LogP contribution in [0, 0.1) is 6.92 Å². The molecular formula is C23H22BrN5O2. The average Bonchev–Trinajstić information content (AvgIpc) is 3.16. The maximum Gasteiger partial charge on any atom is 0.332 e. The number of fused-ring (bicyclic) bond motifs is 3. The zero-order valence-electron chi connectivity index (χ0n) is 17.4. The summed E-state index contributed by atoms with van der Waals surface area (Å²) in [4.78, 5) is 33.4. The number of halogens is 1. The number of benzene rings is 2. The topological polar surface area (TPSA) is 65.1 Å². The van der Waals surface area contributed by atoms with Gasteiger partial charge in [0.25, 0.3) is 5.56 Å². The minimum Gasteiger partial charge on any atom is -0.312 e. The molecule has 0 bridgehead atoms. The van der Waals surface area contributed by atoms with Crippen molar-refractivity contribution in [3.63, 3.8) is 0 Å². The fourth-order valence-corrected chi connectivity index (χ4v) is 4.53. The molecule has 2 aromatic carbocycles. The lowest BCUT2D eigenvalue weighted by molar-refractivity contribution is 0.597. The van der Waals surface area contributed by atoms with Crippen LogP contribution in [0.2, 0.25) is 0 Å². The van der Waals surface area contributed by atoms with Gasteiger partial charge in [-0.15, -0.1) is 0 Å². The predicted molar refractivity (Wildman–Crippen MR) is 125 cm³/mol. The lowest BCUT2D eigenvalue weighted by Crippen LogP contribution is -2.40. The molecule has 0 aliphatic carbocycles. The second-order valence-corrected chi connectivity index (χ2v) is 8.85. The van der Waals surface area contributed by atoms with Crippen molar-refractivity contribution in [3.8, 4) is 0 Å². The number of nitrogens with zero attached hydrogens (tertiary/aromatic N) is 5. The average molecular weight is 480 g/mol. The maximum atomic E-state index is 13.5. The zero-order chi connectivity index (χ0) is 21.7. The second-order valence-electron chi connectivity index (χ2n) is 7.94. The summed E-state index contributed by atoms with van der Waals surface area (Å²) in [5.74, 6) is 0.698. The van der Waals surface area contributed by atoms with Crippen molar-refractivity contribution in [2.24, 2.45) is 7.05 Å². The lowest BCUT2D eigenvalue weighted by atomic mass is 10.1. The number of imidazole rings is 1. The van der Waals surface area contributed by atoms with Gasteiger partial charge in [-0.3, -0.25) is 13.9 Å². The molecule has 0 N–H and O–H groups in total. The molecule has 2 aromatic heterocycles. The van der Waals surface area contributed by atoms with E-state index in [0.717, 1.165) is 34.3 Å². The molecule has 158 valence electrons. The van der Waals surface area contributed by atoms with Crippen LogP contribution >= 0.6 is 15.9 Å². The largest absolute Gasteiger partial charge is 0.332 e. The van der Waals surface area contributed by atoms with E-state index in [1.165, 1.54) is 9.13 Å². The van der Waals surface area contributed by atoms with Crippen LogP contribution in [0.4, 0.5) is 11.6 Å². The molecule has 0 spiro atoms. The van der Waals surface area contributed by atoms with Crippen molar-refractivity contribution in [2.45, 2.75) is 26.4 Å². The van der Waals surface area contributed by atoms with Gasteiger partial charge in [-0.05, 0) is 43.2 Å². The summed E-state index contributed by atoms with van der Waals surface area (Å²) < 4.78 is 5.75. The Balaban J connectivity index is 1.69. The van der Waals surface area contributed by atoms with Crippen LogP contribution in [0.1, 0.15) is 17.5 Å². The van der Waals surface area contributed by atoms with Crippen molar-refractivity contribution < 1.29 is 0 Å². The van der Waals surface area contributed by atoms with E-state index in [1.807, 2.05) is 60.0 Å². The number of rotatable bonds is 3. The van der Waals surface area contributed by atoms with Crippen LogP contribution in [0.15, 0.2) is 62.6 Å². The van der Waals surface area contributed by atoms with Gasteiger partial charge < -0.3 is 9.47 Å². The van der Waals surface area contributed by atoms with Crippen LogP contribution in [-0.2, 0) is 20.1 Å². The first kappa shape index (κ1) is 19.8. The van der Waals surface area contributed by atoms with E-state index in [2.05, 4.69) is 20.8 Å². The molecule has 0 atom stereocenters. The van der Waals surface area contributed by atoms with Gasteiger partial charge in [-0.1, -0.05) is 45.8 Å². The minimum atomic E-state index is -0.357. The van der Waals surface area contributed by atoms with Gasteiger partial charge in [-0.2, -0.15) is 4.98 Å². The van der Waals surface area contributed by atoms with Crippen LogP contribution < -0.4 is 16.1 Å². The summed E-state index contributed by atoms with van der Waals surface area (Å²) in [7, 11) is 1.68. The van der Waals surface area contributed by atoms with Crippen LogP contribution in [0.3, 0.4) is 0 Å². The normalized spacial score (nSPS) is 13.6. The van der Waals surface area contributed by atoms with Gasteiger partial charge in [-0.25, -0.2) is 4.79 Å². The number of aromatic nitrogens is 4. The van der Waals surface area contributed by atoms with Crippen molar-refractivity contribution in [1.29, 1.82) is 0 Å². The summed E-state index contributed by atoms with van der Waals surface area (Å²) >= 11 is 3.47. The van der Waals surface area contributed by atoms with E-state index in [0.29, 0.717) is 23.7 Å². The molecule has 31 heavy (non-hydrogen) atoms. The first-order valence-electron chi connectivity index (χ1n) is 10.2. The minimum absolute atomic E-state index is 0.236. The fourth-order valence-electron chi connectivity index (χ4n) is 4.26. The number of anilines is 2. The third kappa shape index (κ3) is 3.31. The highest BCUT2D eigenvalue weighted by molar-refractivity contribution is 9.10. The highest BCUT2D eigenvalue weighted by Gasteiger charge is 2.27. The smallest absolute Gasteiger partial charge is 0.312 e. The van der Waals surface area contributed by atoms with Gasteiger partial charge in [0, 0.05) is 30.3 Å². The standard InChI is InChI=1S/C23H22BrN5O2/c1-15-5-3-6-16(13-15)14-29-21(30)19-20(26(2)23(29)31)25-22-27(11-4-12-28(19)22)18-9-7-17(24)8-10-18/h3,5-10,13H,4,11-12,14H2,1-2H3. The van der Waals surface area contributed by atoms with E-state index in [1.54, 1.807) is 7.05 Å². The second kappa shape index (κ2) is 7.53. The molecule has 7 nitrogen and oxygen atoms in total. The molecule has 1 aliphatic heterocycles. The Bertz CT molecular complexity index is 1420. The van der Waals surface area contributed by atoms with Crippen molar-refractivity contribution in [1.82, 2.24) is 18.7 Å². The molecule has 0 saturated heterocycles. The predicted octanol–water partition coefficient (Wildman–Crippen LogP) is 3.56. The molecule has 8 heteroatoms. The van der Waals surface area contributed by atoms with Gasteiger partial charge in [0.1, 0.15) is 0 Å². The Morgan fingerprint density at radius 2 is 1.84 bits per heavy atom. The van der Waals surface area contributed by atoms with Crippen molar-refractivity contribution >= 4 is 38.7 Å². The number of aryl methyl sites for hydroxylation is 3. The summed E-state index contributed by atoms with van der Waals surface area (Å²) in [6.07, 6.45) is 0.884. The van der Waals surface area contributed by atoms with Crippen LogP contribution in [0.25, 0.3) is 11.2 Å². The zero-order valence-corrected chi connectivity index (χ0v) is 19.0. The van der Waals surface area contributed by atoms with E-state index in [4.69, 9.17) is 4.98 Å². The maximum absolute atomic E-state index is 13.5. The molecular weight excluding hydrogens is 458 g/mol. The fraction of sp³-hybridized carbons (Fsp3) is 0.261. The third-order valence-electron chi connectivity index (χ3n) is 5.78. The molecule has 5 rings (SSSR count). The Hall–Kier alpha value is -3.13. The first-order valence-corrected chi connectivity index (χ1v) is 11.0. The number of hydrogen-bond donors (Lipinski definition) is 0. The van der Waals surface area contributed by atoms with Gasteiger partial charge in [0.05, 0.1) is 6.54 Å². The number of hydrogen-bond acceptors (Lipinski definition) is 4. The van der Waals surface area contributed by atoms with Crippen molar-refractivity contribution in [2.75, 3.05) is 11.4 Å². The SMILES string of the molecule is Cc1cccc(Cn2c(=O)c3c(nc4n3CCCN4c3ccc(Br)cc3)n(C)c2=O)c1.